The fourth-order valence-electron chi connectivity index (χ4n) is 0.773. The number of aromatic nitrogens is 2. The lowest BCUT2D eigenvalue weighted by molar-refractivity contribution is 0.202. The van der Waals surface area contributed by atoms with Crippen LogP contribution in [0.1, 0.15) is 5.56 Å². The molecule has 0 bridgehead atoms. The number of hydrogen-bond donors (Lipinski definition) is 1. The third-order valence-electron chi connectivity index (χ3n) is 1.32. The van der Waals surface area contributed by atoms with Crippen LogP contribution in [0, 0.1) is 0 Å². The van der Waals surface area contributed by atoms with Crippen LogP contribution in [0.25, 0.3) is 0 Å². The van der Waals surface area contributed by atoms with Crippen molar-refractivity contribution >= 4 is 0 Å². The lowest BCUT2D eigenvalue weighted by Gasteiger charge is -1.96. The SMILES string of the molecule is COCCc1cn[nH]c(=O)c1. The number of methoxy groups -OCH3 is 1. The summed E-state index contributed by atoms with van der Waals surface area (Å²) in [6, 6.07) is 1.52. The first kappa shape index (κ1) is 7.94. The quantitative estimate of drug-likeness (QED) is 0.664. The number of nitrogens with one attached hydrogen (secondary N) is 1. The van der Waals surface area contributed by atoms with Crippen molar-refractivity contribution in [3.05, 3.63) is 28.2 Å². The van der Waals surface area contributed by atoms with E-state index in [1.807, 2.05) is 0 Å². The molecule has 0 radical (unpaired) electrons. The van der Waals surface area contributed by atoms with Crippen LogP contribution in [0.3, 0.4) is 0 Å². The highest BCUT2D eigenvalue weighted by Crippen LogP contribution is 1.91. The molecule has 0 amide bonds. The summed E-state index contributed by atoms with van der Waals surface area (Å²) in [5.74, 6) is 0. The monoisotopic (exact) mass is 154 g/mol. The summed E-state index contributed by atoms with van der Waals surface area (Å²) in [6.07, 6.45) is 2.36. The smallest absolute Gasteiger partial charge is 0.264 e. The molecule has 0 fully saturated rings. The van der Waals surface area contributed by atoms with Crippen LogP contribution < -0.4 is 5.56 Å². The third-order valence-corrected chi connectivity index (χ3v) is 1.32. The molecular weight excluding hydrogens is 144 g/mol. The number of aromatic amines is 1. The van der Waals surface area contributed by atoms with Gasteiger partial charge in [0, 0.05) is 13.2 Å². The van der Waals surface area contributed by atoms with E-state index in [2.05, 4.69) is 10.2 Å². The summed E-state index contributed by atoms with van der Waals surface area (Å²) in [5.41, 5.74) is 0.731. The summed E-state index contributed by atoms with van der Waals surface area (Å²) in [6.45, 7) is 0.616. The number of rotatable bonds is 3. The van der Waals surface area contributed by atoms with Gasteiger partial charge in [0.1, 0.15) is 0 Å². The van der Waals surface area contributed by atoms with Gasteiger partial charge >= 0.3 is 0 Å². The van der Waals surface area contributed by atoms with Crippen LogP contribution in [0.15, 0.2) is 17.1 Å². The topological polar surface area (TPSA) is 55.0 Å². The fourth-order valence-corrected chi connectivity index (χ4v) is 0.773. The van der Waals surface area contributed by atoms with Gasteiger partial charge in [-0.1, -0.05) is 0 Å². The molecule has 1 heterocycles. The van der Waals surface area contributed by atoms with E-state index in [4.69, 9.17) is 4.74 Å². The molecule has 0 saturated carbocycles. The number of ether oxygens (including phenoxy) is 1. The maximum atomic E-state index is 10.7. The molecule has 0 aliphatic heterocycles. The summed E-state index contributed by atoms with van der Waals surface area (Å²) in [4.78, 5) is 10.7. The molecule has 1 rings (SSSR count). The van der Waals surface area contributed by atoms with Crippen molar-refractivity contribution in [3.63, 3.8) is 0 Å². The van der Waals surface area contributed by atoms with Gasteiger partial charge in [0.05, 0.1) is 12.8 Å². The van der Waals surface area contributed by atoms with Gasteiger partial charge in [0.15, 0.2) is 0 Å². The maximum Gasteiger partial charge on any atom is 0.264 e. The van der Waals surface area contributed by atoms with E-state index in [0.29, 0.717) is 6.61 Å². The van der Waals surface area contributed by atoms with Gasteiger partial charge < -0.3 is 4.74 Å². The van der Waals surface area contributed by atoms with Crippen molar-refractivity contribution in [2.24, 2.45) is 0 Å². The molecule has 0 unspecified atom stereocenters. The summed E-state index contributed by atoms with van der Waals surface area (Å²) in [7, 11) is 1.63. The van der Waals surface area contributed by atoms with E-state index in [1.54, 1.807) is 13.3 Å². The Hall–Kier alpha value is -1.16. The summed E-state index contributed by atoms with van der Waals surface area (Å²) in [5, 5.41) is 5.95. The van der Waals surface area contributed by atoms with Crippen LogP contribution in [0.5, 0.6) is 0 Å². The van der Waals surface area contributed by atoms with E-state index in [-0.39, 0.29) is 5.56 Å². The maximum absolute atomic E-state index is 10.7. The van der Waals surface area contributed by atoms with Gasteiger partial charge in [0.25, 0.3) is 5.56 Å². The second-order valence-corrected chi connectivity index (χ2v) is 2.20. The first-order valence-electron chi connectivity index (χ1n) is 3.35. The normalized spacial score (nSPS) is 9.91. The minimum Gasteiger partial charge on any atom is -0.384 e. The lowest BCUT2D eigenvalue weighted by Crippen LogP contribution is -2.08. The highest BCUT2D eigenvalue weighted by Gasteiger charge is 1.92. The minimum atomic E-state index is -0.168. The molecule has 1 N–H and O–H groups in total. The molecule has 1 aromatic rings. The van der Waals surface area contributed by atoms with E-state index in [1.165, 1.54) is 6.07 Å². The van der Waals surface area contributed by atoms with Crippen LogP contribution in [0.2, 0.25) is 0 Å². The molecule has 4 heteroatoms. The molecule has 60 valence electrons. The van der Waals surface area contributed by atoms with Crippen LogP contribution in [-0.2, 0) is 11.2 Å². The van der Waals surface area contributed by atoms with Gasteiger partial charge in [-0.15, -0.1) is 0 Å². The average Bonchev–Trinajstić information content (AvgIpc) is 2.01. The van der Waals surface area contributed by atoms with Crippen LogP contribution in [-0.4, -0.2) is 23.9 Å². The Morgan fingerprint density at radius 2 is 2.55 bits per heavy atom. The number of hydrogen-bond acceptors (Lipinski definition) is 3. The fraction of sp³-hybridized carbons (Fsp3) is 0.429. The number of nitrogens with zero attached hydrogens (tertiary/aromatic N) is 1. The van der Waals surface area contributed by atoms with Crippen LogP contribution >= 0.6 is 0 Å². The molecule has 0 saturated heterocycles. The van der Waals surface area contributed by atoms with Gasteiger partial charge in [0.2, 0.25) is 0 Å². The highest BCUT2D eigenvalue weighted by atomic mass is 16.5. The zero-order valence-corrected chi connectivity index (χ0v) is 6.33. The van der Waals surface area contributed by atoms with Gasteiger partial charge in [-0.3, -0.25) is 4.79 Å². The zero-order valence-electron chi connectivity index (χ0n) is 6.33. The molecule has 1 aromatic heterocycles. The molecule has 0 aliphatic carbocycles. The standard InChI is InChI=1S/C7H10N2O2/c1-11-3-2-6-4-7(10)9-8-5-6/h4-5H,2-3H2,1H3,(H,9,10). The first-order chi connectivity index (χ1) is 5.33. The minimum absolute atomic E-state index is 0.168. The van der Waals surface area contributed by atoms with Gasteiger partial charge in [-0.05, 0) is 12.0 Å². The van der Waals surface area contributed by atoms with E-state index in [0.717, 1.165) is 12.0 Å². The molecule has 11 heavy (non-hydrogen) atoms. The highest BCUT2D eigenvalue weighted by molar-refractivity contribution is 5.05. The number of H-pyrrole nitrogens is 1. The molecule has 0 atom stereocenters. The predicted octanol–water partition coefficient (Wildman–Crippen LogP) is -0.0412. The third kappa shape index (κ3) is 2.51. The molecule has 0 aromatic carbocycles. The molecule has 0 aliphatic rings. The first-order valence-corrected chi connectivity index (χ1v) is 3.35. The van der Waals surface area contributed by atoms with E-state index < -0.39 is 0 Å². The second kappa shape index (κ2) is 3.88. The van der Waals surface area contributed by atoms with Crippen molar-refractivity contribution in [3.8, 4) is 0 Å². The Kier molecular flexibility index (Phi) is 2.80. The van der Waals surface area contributed by atoms with Gasteiger partial charge in [-0.2, -0.15) is 5.10 Å². The Bertz CT molecular complexity index is 269. The molecular formula is C7H10N2O2. The van der Waals surface area contributed by atoms with Gasteiger partial charge in [-0.25, -0.2) is 5.10 Å². The lowest BCUT2D eigenvalue weighted by atomic mass is 10.2. The Balaban J connectivity index is 2.64. The van der Waals surface area contributed by atoms with Crippen molar-refractivity contribution in [2.45, 2.75) is 6.42 Å². The Morgan fingerprint density at radius 1 is 1.73 bits per heavy atom. The van der Waals surface area contributed by atoms with Crippen molar-refractivity contribution in [2.75, 3.05) is 13.7 Å². The zero-order chi connectivity index (χ0) is 8.10. The predicted molar refractivity (Wildman–Crippen MR) is 40.4 cm³/mol. The summed E-state index contributed by atoms with van der Waals surface area (Å²) >= 11 is 0. The Morgan fingerprint density at radius 3 is 3.18 bits per heavy atom. The Labute approximate surface area is 64.2 Å². The van der Waals surface area contributed by atoms with Crippen molar-refractivity contribution < 1.29 is 4.74 Å². The molecule has 4 nitrogen and oxygen atoms in total. The van der Waals surface area contributed by atoms with E-state index >= 15 is 0 Å². The summed E-state index contributed by atoms with van der Waals surface area (Å²) < 4.78 is 4.85. The van der Waals surface area contributed by atoms with E-state index in [9.17, 15) is 4.79 Å². The van der Waals surface area contributed by atoms with Crippen molar-refractivity contribution in [1.29, 1.82) is 0 Å². The largest absolute Gasteiger partial charge is 0.384 e. The van der Waals surface area contributed by atoms with Crippen LogP contribution in [0.4, 0.5) is 0 Å². The second-order valence-electron chi connectivity index (χ2n) is 2.20. The average molecular weight is 154 g/mol. The van der Waals surface area contributed by atoms with Crippen molar-refractivity contribution in [1.82, 2.24) is 10.2 Å². The molecule has 0 spiro atoms.